The van der Waals surface area contributed by atoms with Crippen molar-refractivity contribution < 1.29 is 9.18 Å². The number of hydrogen-bond donors (Lipinski definition) is 1. The van der Waals surface area contributed by atoms with Crippen molar-refractivity contribution in [2.24, 2.45) is 5.92 Å². The van der Waals surface area contributed by atoms with Gasteiger partial charge in [-0.3, -0.25) is 9.69 Å². The average Bonchev–Trinajstić information content (AvgIpc) is 2.64. The molecule has 26 heavy (non-hydrogen) atoms. The van der Waals surface area contributed by atoms with E-state index < -0.39 is 0 Å². The van der Waals surface area contributed by atoms with Crippen molar-refractivity contribution in [1.29, 1.82) is 0 Å². The van der Waals surface area contributed by atoms with E-state index in [2.05, 4.69) is 41.4 Å². The van der Waals surface area contributed by atoms with Crippen LogP contribution in [0.1, 0.15) is 42.5 Å². The van der Waals surface area contributed by atoms with Crippen LogP contribution in [0.3, 0.4) is 0 Å². The second-order valence-electron chi connectivity index (χ2n) is 7.26. The number of rotatable bonds is 5. The Labute approximate surface area is 155 Å². The van der Waals surface area contributed by atoms with Gasteiger partial charge in [0.15, 0.2) is 0 Å². The average molecular weight is 354 g/mol. The van der Waals surface area contributed by atoms with E-state index in [1.54, 1.807) is 12.1 Å². The first-order valence-corrected chi connectivity index (χ1v) is 9.35. The minimum atomic E-state index is -0.256. The molecule has 0 radical (unpaired) electrons. The van der Waals surface area contributed by atoms with Crippen LogP contribution in [0.4, 0.5) is 4.39 Å². The Bertz CT molecular complexity index is 736. The predicted octanol–water partition coefficient (Wildman–Crippen LogP) is 4.22. The highest BCUT2D eigenvalue weighted by Crippen LogP contribution is 2.22. The van der Waals surface area contributed by atoms with Gasteiger partial charge in [-0.05, 0) is 68.6 Å². The van der Waals surface area contributed by atoms with Gasteiger partial charge in [0, 0.05) is 12.5 Å². The Kier molecular flexibility index (Phi) is 6.04. The molecule has 138 valence electrons. The number of amides is 1. The van der Waals surface area contributed by atoms with Crippen LogP contribution in [0, 0.1) is 18.7 Å². The number of piperidine rings is 1. The highest BCUT2D eigenvalue weighted by molar-refractivity contribution is 5.79. The topological polar surface area (TPSA) is 32.3 Å². The summed E-state index contributed by atoms with van der Waals surface area (Å²) in [7, 11) is 0. The zero-order chi connectivity index (χ0) is 18.5. The van der Waals surface area contributed by atoms with Crippen LogP contribution in [0.2, 0.25) is 0 Å². The Hall–Kier alpha value is -2.20. The summed E-state index contributed by atoms with van der Waals surface area (Å²) < 4.78 is 13.0. The van der Waals surface area contributed by atoms with Crippen molar-refractivity contribution in [3.05, 3.63) is 71.0 Å². The molecule has 0 aromatic heterocycles. The monoisotopic (exact) mass is 354 g/mol. The van der Waals surface area contributed by atoms with Crippen LogP contribution in [0.15, 0.2) is 48.5 Å². The van der Waals surface area contributed by atoms with E-state index in [-0.39, 0.29) is 23.7 Å². The largest absolute Gasteiger partial charge is 0.349 e. The number of nitrogens with zero attached hydrogens (tertiary/aromatic N) is 1. The van der Waals surface area contributed by atoms with E-state index >= 15 is 0 Å². The van der Waals surface area contributed by atoms with Crippen molar-refractivity contribution in [3.63, 3.8) is 0 Å². The number of carbonyl (C=O) groups is 1. The van der Waals surface area contributed by atoms with Crippen molar-refractivity contribution >= 4 is 5.91 Å². The van der Waals surface area contributed by atoms with E-state index in [9.17, 15) is 9.18 Å². The van der Waals surface area contributed by atoms with Crippen LogP contribution in [0.25, 0.3) is 0 Å². The van der Waals surface area contributed by atoms with Crippen LogP contribution >= 0.6 is 0 Å². The SMILES string of the molecule is Cc1ccccc1CN1CCC(C(=O)NC(C)c2ccc(F)cc2)CC1. The van der Waals surface area contributed by atoms with E-state index in [4.69, 9.17) is 0 Å². The Balaban J connectivity index is 1.49. The summed E-state index contributed by atoms with van der Waals surface area (Å²) in [6, 6.07) is 14.7. The number of aryl methyl sites for hydroxylation is 1. The van der Waals surface area contributed by atoms with Gasteiger partial charge in [0.2, 0.25) is 5.91 Å². The lowest BCUT2D eigenvalue weighted by atomic mass is 9.94. The minimum absolute atomic E-state index is 0.0611. The number of hydrogen-bond acceptors (Lipinski definition) is 2. The van der Waals surface area contributed by atoms with Crippen molar-refractivity contribution in [2.45, 2.75) is 39.3 Å². The molecule has 3 rings (SSSR count). The molecule has 1 fully saturated rings. The maximum absolute atomic E-state index is 13.0. The zero-order valence-corrected chi connectivity index (χ0v) is 15.5. The summed E-state index contributed by atoms with van der Waals surface area (Å²) in [5.74, 6) is -0.0864. The lowest BCUT2D eigenvalue weighted by Crippen LogP contribution is -2.41. The van der Waals surface area contributed by atoms with Gasteiger partial charge in [0.05, 0.1) is 6.04 Å². The van der Waals surface area contributed by atoms with Crippen LogP contribution in [0.5, 0.6) is 0 Å². The third-order valence-electron chi connectivity index (χ3n) is 5.34. The van der Waals surface area contributed by atoms with Crippen molar-refractivity contribution in [2.75, 3.05) is 13.1 Å². The molecule has 1 atom stereocenters. The summed E-state index contributed by atoms with van der Waals surface area (Å²) >= 11 is 0. The van der Waals surface area contributed by atoms with Gasteiger partial charge in [-0.25, -0.2) is 4.39 Å². The normalized spacial score (nSPS) is 17.0. The first kappa shape index (κ1) is 18.6. The molecule has 1 saturated heterocycles. The maximum Gasteiger partial charge on any atom is 0.223 e. The van der Waals surface area contributed by atoms with Crippen LogP contribution in [-0.2, 0) is 11.3 Å². The fraction of sp³-hybridized carbons (Fsp3) is 0.409. The third-order valence-corrected chi connectivity index (χ3v) is 5.34. The lowest BCUT2D eigenvalue weighted by molar-refractivity contribution is -0.127. The summed E-state index contributed by atoms with van der Waals surface area (Å²) in [5.41, 5.74) is 3.61. The standard InChI is InChI=1S/C22H27FN2O/c1-16-5-3-4-6-20(16)15-25-13-11-19(12-14-25)22(26)24-17(2)18-7-9-21(23)10-8-18/h3-10,17,19H,11-15H2,1-2H3,(H,24,26). The fourth-order valence-corrected chi connectivity index (χ4v) is 3.55. The Morgan fingerprint density at radius 3 is 2.46 bits per heavy atom. The molecule has 1 N–H and O–H groups in total. The quantitative estimate of drug-likeness (QED) is 0.872. The molecule has 0 saturated carbocycles. The number of carbonyl (C=O) groups excluding carboxylic acids is 1. The lowest BCUT2D eigenvalue weighted by Gasteiger charge is -2.32. The van der Waals surface area contributed by atoms with E-state index in [0.717, 1.165) is 38.0 Å². The number of halogens is 1. The van der Waals surface area contributed by atoms with E-state index in [0.29, 0.717) is 0 Å². The van der Waals surface area contributed by atoms with Gasteiger partial charge in [0.1, 0.15) is 5.82 Å². The van der Waals surface area contributed by atoms with Crippen molar-refractivity contribution in [1.82, 2.24) is 10.2 Å². The third kappa shape index (κ3) is 4.70. The summed E-state index contributed by atoms with van der Waals surface area (Å²) in [6.07, 6.45) is 1.77. The minimum Gasteiger partial charge on any atom is -0.349 e. The smallest absolute Gasteiger partial charge is 0.223 e. The van der Waals surface area contributed by atoms with Gasteiger partial charge in [0.25, 0.3) is 0 Å². The molecule has 1 heterocycles. The van der Waals surface area contributed by atoms with Gasteiger partial charge in [-0.2, -0.15) is 0 Å². The maximum atomic E-state index is 13.0. The first-order chi connectivity index (χ1) is 12.5. The van der Waals surface area contributed by atoms with Crippen LogP contribution < -0.4 is 5.32 Å². The molecule has 1 unspecified atom stereocenters. The Morgan fingerprint density at radius 1 is 1.15 bits per heavy atom. The second kappa shape index (κ2) is 8.45. The van der Waals surface area contributed by atoms with Gasteiger partial charge >= 0.3 is 0 Å². The second-order valence-corrected chi connectivity index (χ2v) is 7.26. The van der Waals surface area contributed by atoms with E-state index in [1.807, 2.05) is 6.92 Å². The number of nitrogens with one attached hydrogen (secondary N) is 1. The summed E-state index contributed by atoms with van der Waals surface area (Å²) in [5, 5.41) is 3.08. The number of likely N-dealkylation sites (tertiary alicyclic amines) is 1. The molecule has 2 aromatic carbocycles. The molecule has 1 aliphatic rings. The highest BCUT2D eigenvalue weighted by Gasteiger charge is 2.26. The molecule has 1 aliphatic heterocycles. The Morgan fingerprint density at radius 2 is 1.81 bits per heavy atom. The fourth-order valence-electron chi connectivity index (χ4n) is 3.55. The molecule has 0 aliphatic carbocycles. The van der Waals surface area contributed by atoms with Crippen LogP contribution in [-0.4, -0.2) is 23.9 Å². The summed E-state index contributed by atoms with van der Waals surface area (Å²) in [4.78, 5) is 15.0. The molecule has 0 bridgehead atoms. The van der Waals surface area contributed by atoms with E-state index in [1.165, 1.54) is 23.3 Å². The highest BCUT2D eigenvalue weighted by atomic mass is 19.1. The van der Waals surface area contributed by atoms with Gasteiger partial charge in [-0.15, -0.1) is 0 Å². The van der Waals surface area contributed by atoms with Crippen molar-refractivity contribution in [3.8, 4) is 0 Å². The molecule has 1 amide bonds. The molecular weight excluding hydrogens is 327 g/mol. The molecule has 2 aromatic rings. The first-order valence-electron chi connectivity index (χ1n) is 9.35. The molecular formula is C22H27FN2O. The van der Waals surface area contributed by atoms with Gasteiger partial charge < -0.3 is 5.32 Å². The van der Waals surface area contributed by atoms with Gasteiger partial charge in [-0.1, -0.05) is 36.4 Å². The molecule has 3 nitrogen and oxygen atoms in total. The predicted molar refractivity (Wildman–Crippen MR) is 102 cm³/mol. The zero-order valence-electron chi connectivity index (χ0n) is 15.5. The number of benzene rings is 2. The summed E-state index contributed by atoms with van der Waals surface area (Å²) in [6.45, 7) is 6.92. The molecule has 0 spiro atoms. The molecule has 4 heteroatoms.